The number of hydrogen-bond donors (Lipinski definition) is 0. The molecule has 0 amide bonds. The maximum Gasteiger partial charge on any atom is -0.00186 e. The molecule has 0 N–H and O–H groups in total. The molecule has 0 saturated heterocycles. The van der Waals surface area contributed by atoms with Crippen molar-refractivity contribution in [2.45, 2.75) is 59.3 Å². The number of allylic oxidation sites excluding steroid dienone is 2. The Morgan fingerprint density at radius 1 is 0.800 bits per heavy atom. The van der Waals surface area contributed by atoms with Crippen LogP contribution in [0.15, 0.2) is 12.2 Å². The van der Waals surface area contributed by atoms with Crippen LogP contribution in [0.1, 0.15) is 59.3 Å². The van der Waals surface area contributed by atoms with Crippen LogP contribution in [-0.2, 0) is 0 Å². The molecule has 15 heavy (non-hydrogen) atoms. The summed E-state index contributed by atoms with van der Waals surface area (Å²) >= 11 is 0. The van der Waals surface area contributed by atoms with E-state index in [1.807, 2.05) is 0 Å². The van der Waals surface area contributed by atoms with Crippen molar-refractivity contribution in [2.24, 2.45) is 0 Å². The zero-order valence-corrected chi connectivity index (χ0v) is 11.0. The smallest absolute Gasteiger partial charge is 0.00186 e. The monoisotopic (exact) mass is 211 g/mol. The standard InChI is InChI=1S/C14H29N/c1-4-7-8-9-10-11-14-15(12-5-2)13-6-3/h7-8H,4-6,9-14H2,1-3H3/b8-7+. The van der Waals surface area contributed by atoms with E-state index in [1.165, 1.54) is 58.2 Å². The minimum atomic E-state index is 1.18. The minimum absolute atomic E-state index is 1.18. The summed E-state index contributed by atoms with van der Waals surface area (Å²) in [5, 5.41) is 0. The third-order valence-corrected chi connectivity index (χ3v) is 2.58. The van der Waals surface area contributed by atoms with E-state index in [0.717, 1.165) is 0 Å². The van der Waals surface area contributed by atoms with Crippen LogP contribution in [-0.4, -0.2) is 24.5 Å². The van der Waals surface area contributed by atoms with Crippen molar-refractivity contribution in [3.8, 4) is 0 Å². The Morgan fingerprint density at radius 2 is 1.47 bits per heavy atom. The van der Waals surface area contributed by atoms with Gasteiger partial charge >= 0.3 is 0 Å². The fourth-order valence-corrected chi connectivity index (χ4v) is 1.85. The molecule has 0 aliphatic heterocycles. The largest absolute Gasteiger partial charge is 0.303 e. The van der Waals surface area contributed by atoms with Gasteiger partial charge in [0.25, 0.3) is 0 Å². The van der Waals surface area contributed by atoms with E-state index in [1.54, 1.807) is 0 Å². The van der Waals surface area contributed by atoms with Crippen LogP contribution >= 0.6 is 0 Å². The molecule has 0 atom stereocenters. The van der Waals surface area contributed by atoms with Crippen molar-refractivity contribution < 1.29 is 0 Å². The summed E-state index contributed by atoms with van der Waals surface area (Å²) in [5.74, 6) is 0. The number of rotatable bonds is 10. The highest BCUT2D eigenvalue weighted by molar-refractivity contribution is 4.79. The molecule has 0 aromatic carbocycles. The fraction of sp³-hybridized carbons (Fsp3) is 0.857. The van der Waals surface area contributed by atoms with Crippen molar-refractivity contribution in [3.63, 3.8) is 0 Å². The van der Waals surface area contributed by atoms with Crippen molar-refractivity contribution >= 4 is 0 Å². The summed E-state index contributed by atoms with van der Waals surface area (Å²) in [4.78, 5) is 2.60. The average molecular weight is 211 g/mol. The van der Waals surface area contributed by atoms with Crippen LogP contribution in [0.3, 0.4) is 0 Å². The van der Waals surface area contributed by atoms with Gasteiger partial charge in [-0.05, 0) is 58.2 Å². The lowest BCUT2D eigenvalue weighted by molar-refractivity contribution is 0.269. The highest BCUT2D eigenvalue weighted by atomic mass is 15.1. The first-order chi connectivity index (χ1) is 7.35. The van der Waals surface area contributed by atoms with Gasteiger partial charge in [0.15, 0.2) is 0 Å². The zero-order valence-electron chi connectivity index (χ0n) is 11.0. The Labute approximate surface area is 96.6 Å². The van der Waals surface area contributed by atoms with Crippen molar-refractivity contribution in [2.75, 3.05) is 19.6 Å². The molecule has 0 spiro atoms. The molecule has 0 saturated carbocycles. The van der Waals surface area contributed by atoms with Gasteiger partial charge in [-0.2, -0.15) is 0 Å². The minimum Gasteiger partial charge on any atom is -0.303 e. The van der Waals surface area contributed by atoms with Gasteiger partial charge in [-0.15, -0.1) is 0 Å². The molecule has 0 heterocycles. The van der Waals surface area contributed by atoms with Crippen LogP contribution in [0.25, 0.3) is 0 Å². The molecule has 0 aromatic heterocycles. The van der Waals surface area contributed by atoms with Crippen LogP contribution in [0, 0.1) is 0 Å². The molecule has 0 aliphatic carbocycles. The Hall–Kier alpha value is -0.300. The van der Waals surface area contributed by atoms with Gasteiger partial charge in [0, 0.05) is 0 Å². The lowest BCUT2D eigenvalue weighted by Crippen LogP contribution is -2.26. The number of hydrogen-bond acceptors (Lipinski definition) is 1. The van der Waals surface area contributed by atoms with Crippen LogP contribution < -0.4 is 0 Å². The zero-order chi connectivity index (χ0) is 11.4. The molecule has 0 aliphatic rings. The van der Waals surface area contributed by atoms with Crippen molar-refractivity contribution in [1.82, 2.24) is 4.90 Å². The van der Waals surface area contributed by atoms with Gasteiger partial charge in [0.1, 0.15) is 0 Å². The van der Waals surface area contributed by atoms with E-state index in [4.69, 9.17) is 0 Å². The average Bonchev–Trinajstić information content (AvgIpc) is 2.24. The Balaban J connectivity index is 3.39. The van der Waals surface area contributed by atoms with Gasteiger partial charge in [-0.3, -0.25) is 0 Å². The highest BCUT2D eigenvalue weighted by Crippen LogP contribution is 2.02. The second-order valence-corrected chi connectivity index (χ2v) is 4.22. The van der Waals surface area contributed by atoms with Gasteiger partial charge < -0.3 is 4.90 Å². The summed E-state index contributed by atoms with van der Waals surface area (Å²) in [7, 11) is 0. The third-order valence-electron chi connectivity index (χ3n) is 2.58. The van der Waals surface area contributed by atoms with E-state index in [9.17, 15) is 0 Å². The first-order valence-electron chi connectivity index (χ1n) is 6.72. The lowest BCUT2D eigenvalue weighted by atomic mass is 10.2. The second-order valence-electron chi connectivity index (χ2n) is 4.22. The molecule has 0 unspecified atom stereocenters. The summed E-state index contributed by atoms with van der Waals surface area (Å²) in [6.07, 6.45) is 12.3. The van der Waals surface area contributed by atoms with Gasteiger partial charge in [-0.25, -0.2) is 0 Å². The molecule has 1 heteroatoms. The summed E-state index contributed by atoms with van der Waals surface area (Å²) in [6.45, 7) is 10.6. The number of unbranched alkanes of at least 4 members (excludes halogenated alkanes) is 2. The first kappa shape index (κ1) is 14.7. The Morgan fingerprint density at radius 3 is 2.00 bits per heavy atom. The molecule has 0 radical (unpaired) electrons. The summed E-state index contributed by atoms with van der Waals surface area (Å²) < 4.78 is 0. The van der Waals surface area contributed by atoms with Crippen LogP contribution in [0.4, 0.5) is 0 Å². The van der Waals surface area contributed by atoms with Gasteiger partial charge in [0.2, 0.25) is 0 Å². The molecular formula is C14H29N. The lowest BCUT2D eigenvalue weighted by Gasteiger charge is -2.20. The predicted octanol–water partition coefficient (Wildman–Crippen LogP) is 4.24. The topological polar surface area (TPSA) is 3.24 Å². The van der Waals surface area contributed by atoms with E-state index in [0.29, 0.717) is 0 Å². The van der Waals surface area contributed by atoms with E-state index in [2.05, 4.69) is 37.8 Å². The summed E-state index contributed by atoms with van der Waals surface area (Å²) in [5.41, 5.74) is 0. The molecule has 1 nitrogen and oxygen atoms in total. The molecular weight excluding hydrogens is 182 g/mol. The van der Waals surface area contributed by atoms with Crippen molar-refractivity contribution in [3.05, 3.63) is 12.2 Å². The maximum absolute atomic E-state index is 2.60. The SMILES string of the molecule is CC/C=C/CCCCN(CCC)CCC. The van der Waals surface area contributed by atoms with Crippen molar-refractivity contribution in [1.29, 1.82) is 0 Å². The maximum atomic E-state index is 2.60. The second kappa shape index (κ2) is 11.8. The Bertz CT molecular complexity index is 134. The van der Waals surface area contributed by atoms with Gasteiger partial charge in [0.05, 0.1) is 0 Å². The molecule has 0 fully saturated rings. The highest BCUT2D eigenvalue weighted by Gasteiger charge is 2.00. The molecule has 90 valence electrons. The first-order valence-corrected chi connectivity index (χ1v) is 6.72. The predicted molar refractivity (Wildman–Crippen MR) is 70.3 cm³/mol. The Kier molecular flexibility index (Phi) is 11.5. The van der Waals surface area contributed by atoms with Crippen LogP contribution in [0.2, 0.25) is 0 Å². The molecule has 0 bridgehead atoms. The van der Waals surface area contributed by atoms with Gasteiger partial charge in [-0.1, -0.05) is 32.9 Å². The quantitative estimate of drug-likeness (QED) is 0.386. The number of nitrogens with zero attached hydrogens (tertiary/aromatic N) is 1. The van der Waals surface area contributed by atoms with E-state index >= 15 is 0 Å². The molecule has 0 rings (SSSR count). The van der Waals surface area contributed by atoms with E-state index in [-0.39, 0.29) is 0 Å². The third kappa shape index (κ3) is 9.99. The van der Waals surface area contributed by atoms with E-state index < -0.39 is 0 Å². The summed E-state index contributed by atoms with van der Waals surface area (Å²) in [6, 6.07) is 0. The fourth-order valence-electron chi connectivity index (χ4n) is 1.85. The van der Waals surface area contributed by atoms with Crippen LogP contribution in [0.5, 0.6) is 0 Å². The molecule has 0 aromatic rings. The normalized spacial score (nSPS) is 11.7.